The Kier molecular flexibility index (Phi) is 17.8. The van der Waals surface area contributed by atoms with Crippen LogP contribution in [0.5, 0.6) is 0 Å². The van der Waals surface area contributed by atoms with Crippen molar-refractivity contribution in [2.24, 2.45) is 0 Å². The highest BCUT2D eigenvalue weighted by Gasteiger charge is 1.95. The summed E-state index contributed by atoms with van der Waals surface area (Å²) in [6, 6.07) is 0. The van der Waals surface area contributed by atoms with Crippen LogP contribution in [0.1, 0.15) is 110 Å². The van der Waals surface area contributed by atoms with Crippen LogP contribution in [0.2, 0.25) is 0 Å². The predicted octanol–water partition coefficient (Wildman–Crippen LogP) is 7.29. The molecule has 0 aromatic carbocycles. The molecular weight excluding hydrogens is 272 g/mol. The molecule has 0 saturated heterocycles. The van der Waals surface area contributed by atoms with Gasteiger partial charge in [0.15, 0.2) is 0 Å². The van der Waals surface area contributed by atoms with Gasteiger partial charge in [0.2, 0.25) is 0 Å². The fraction of sp³-hybridized carbons (Fsp3) is 0.900. The van der Waals surface area contributed by atoms with E-state index in [2.05, 4.69) is 13.5 Å². The van der Waals surface area contributed by atoms with Crippen molar-refractivity contribution in [3.05, 3.63) is 12.5 Å². The van der Waals surface area contributed by atoms with E-state index in [-0.39, 0.29) is 5.95 Å². The number of aliphatic hydroxyl groups is 1. The molecule has 0 aliphatic heterocycles. The van der Waals surface area contributed by atoms with E-state index in [0.717, 1.165) is 6.42 Å². The molecule has 0 unspecified atom stereocenters. The van der Waals surface area contributed by atoms with Crippen LogP contribution in [0.3, 0.4) is 0 Å². The molecule has 0 saturated carbocycles. The van der Waals surface area contributed by atoms with Crippen molar-refractivity contribution >= 4 is 0 Å². The number of hydrogen-bond acceptors (Lipinski definition) is 2. The standard InChI is InChI=1S/C20H40O2/c1-3-4-5-6-7-8-9-10-11-12-13-14-15-16-17-18-19-22-20(2)21/h21H,2-19H2,1H3. The summed E-state index contributed by atoms with van der Waals surface area (Å²) < 4.78 is 4.92. The van der Waals surface area contributed by atoms with E-state index in [1.54, 1.807) is 0 Å². The molecule has 132 valence electrons. The van der Waals surface area contributed by atoms with Gasteiger partial charge in [0.05, 0.1) is 6.61 Å². The molecule has 0 radical (unpaired) electrons. The van der Waals surface area contributed by atoms with Crippen molar-refractivity contribution < 1.29 is 9.84 Å². The highest BCUT2D eigenvalue weighted by molar-refractivity contribution is 4.62. The van der Waals surface area contributed by atoms with Gasteiger partial charge in [0.1, 0.15) is 0 Å². The van der Waals surface area contributed by atoms with Gasteiger partial charge >= 0.3 is 0 Å². The number of aliphatic hydroxyl groups excluding tert-OH is 1. The van der Waals surface area contributed by atoms with Gasteiger partial charge in [-0.15, -0.1) is 0 Å². The summed E-state index contributed by atoms with van der Waals surface area (Å²) in [5.74, 6) is -0.152. The van der Waals surface area contributed by atoms with E-state index < -0.39 is 0 Å². The molecule has 0 fully saturated rings. The van der Waals surface area contributed by atoms with E-state index >= 15 is 0 Å². The Hall–Kier alpha value is -0.660. The van der Waals surface area contributed by atoms with Gasteiger partial charge in [-0.25, -0.2) is 0 Å². The molecule has 0 atom stereocenters. The molecule has 0 amide bonds. The van der Waals surface area contributed by atoms with Gasteiger partial charge in [0, 0.05) is 0 Å². The van der Waals surface area contributed by atoms with Crippen molar-refractivity contribution in [1.82, 2.24) is 0 Å². The molecule has 0 heterocycles. The van der Waals surface area contributed by atoms with Crippen LogP contribution in [-0.4, -0.2) is 11.7 Å². The molecule has 2 nitrogen and oxygen atoms in total. The van der Waals surface area contributed by atoms with E-state index in [1.165, 1.54) is 96.3 Å². The maximum Gasteiger partial charge on any atom is 0.268 e. The number of rotatable bonds is 18. The Balaban J connectivity index is 2.95. The second kappa shape index (κ2) is 18.4. The molecule has 2 heteroatoms. The summed E-state index contributed by atoms with van der Waals surface area (Å²) in [5.41, 5.74) is 0. The average Bonchev–Trinajstić information content (AvgIpc) is 2.50. The molecule has 0 aromatic rings. The Morgan fingerprint density at radius 1 is 0.636 bits per heavy atom. The van der Waals surface area contributed by atoms with Crippen LogP contribution in [0.4, 0.5) is 0 Å². The molecule has 0 aromatic heterocycles. The topological polar surface area (TPSA) is 29.5 Å². The lowest BCUT2D eigenvalue weighted by Gasteiger charge is -2.04. The van der Waals surface area contributed by atoms with E-state index in [4.69, 9.17) is 9.84 Å². The zero-order valence-corrected chi connectivity index (χ0v) is 15.1. The van der Waals surface area contributed by atoms with Gasteiger partial charge in [-0.1, -0.05) is 103 Å². The predicted molar refractivity (Wildman–Crippen MR) is 97.3 cm³/mol. The van der Waals surface area contributed by atoms with Crippen LogP contribution in [0.25, 0.3) is 0 Å². The van der Waals surface area contributed by atoms with Crippen LogP contribution in [0, 0.1) is 0 Å². The highest BCUT2D eigenvalue weighted by atomic mass is 16.6. The lowest BCUT2D eigenvalue weighted by atomic mass is 10.0. The molecule has 0 bridgehead atoms. The van der Waals surface area contributed by atoms with Crippen molar-refractivity contribution in [2.45, 2.75) is 110 Å². The summed E-state index contributed by atoms with van der Waals surface area (Å²) in [4.78, 5) is 0. The van der Waals surface area contributed by atoms with Crippen LogP contribution in [0.15, 0.2) is 12.5 Å². The third kappa shape index (κ3) is 19.3. The first-order valence-electron chi connectivity index (χ1n) is 9.78. The molecule has 0 rings (SSSR count). The largest absolute Gasteiger partial charge is 0.481 e. The number of ether oxygens (including phenoxy) is 1. The minimum Gasteiger partial charge on any atom is -0.481 e. The fourth-order valence-electron chi connectivity index (χ4n) is 2.84. The number of hydrogen-bond donors (Lipinski definition) is 1. The van der Waals surface area contributed by atoms with E-state index in [9.17, 15) is 0 Å². The minimum atomic E-state index is -0.152. The van der Waals surface area contributed by atoms with Crippen molar-refractivity contribution in [3.63, 3.8) is 0 Å². The first-order valence-corrected chi connectivity index (χ1v) is 9.78. The lowest BCUT2D eigenvalue weighted by Crippen LogP contribution is -1.93. The Labute approximate surface area is 139 Å². The second-order valence-electron chi connectivity index (χ2n) is 6.55. The zero-order valence-electron chi connectivity index (χ0n) is 15.1. The summed E-state index contributed by atoms with van der Waals surface area (Å²) in [6.45, 7) is 6.19. The molecular formula is C20H40O2. The van der Waals surface area contributed by atoms with Crippen LogP contribution in [-0.2, 0) is 4.74 Å². The maximum atomic E-state index is 8.76. The van der Waals surface area contributed by atoms with E-state index in [1.807, 2.05) is 0 Å². The van der Waals surface area contributed by atoms with E-state index in [0.29, 0.717) is 6.61 Å². The summed E-state index contributed by atoms with van der Waals surface area (Å²) >= 11 is 0. The van der Waals surface area contributed by atoms with Crippen molar-refractivity contribution in [1.29, 1.82) is 0 Å². The van der Waals surface area contributed by atoms with Crippen molar-refractivity contribution in [3.8, 4) is 0 Å². The van der Waals surface area contributed by atoms with Crippen LogP contribution < -0.4 is 0 Å². The molecule has 0 aliphatic carbocycles. The number of unbranched alkanes of at least 4 members (excludes halogenated alkanes) is 15. The van der Waals surface area contributed by atoms with Gasteiger partial charge in [0.25, 0.3) is 5.95 Å². The first kappa shape index (κ1) is 21.3. The summed E-state index contributed by atoms with van der Waals surface area (Å²) in [6.07, 6.45) is 22.0. The maximum absolute atomic E-state index is 8.76. The monoisotopic (exact) mass is 312 g/mol. The summed E-state index contributed by atoms with van der Waals surface area (Å²) in [7, 11) is 0. The zero-order chi connectivity index (χ0) is 16.3. The van der Waals surface area contributed by atoms with Crippen molar-refractivity contribution in [2.75, 3.05) is 6.61 Å². The quantitative estimate of drug-likeness (QED) is 0.212. The fourth-order valence-corrected chi connectivity index (χ4v) is 2.84. The lowest BCUT2D eigenvalue weighted by molar-refractivity contribution is 0.0926. The van der Waals surface area contributed by atoms with Gasteiger partial charge < -0.3 is 9.84 Å². The van der Waals surface area contributed by atoms with Gasteiger partial charge in [-0.05, 0) is 13.0 Å². The molecule has 0 spiro atoms. The molecule has 0 aliphatic rings. The first-order chi connectivity index (χ1) is 10.8. The SMILES string of the molecule is C=C(O)OCCCCCCCCCCCCCCCCCC. The Bertz CT molecular complexity index is 226. The van der Waals surface area contributed by atoms with Gasteiger partial charge in [-0.3, -0.25) is 0 Å². The molecule has 1 N–H and O–H groups in total. The highest BCUT2D eigenvalue weighted by Crippen LogP contribution is 2.13. The van der Waals surface area contributed by atoms with Gasteiger partial charge in [-0.2, -0.15) is 0 Å². The smallest absolute Gasteiger partial charge is 0.268 e. The molecule has 22 heavy (non-hydrogen) atoms. The normalized spacial score (nSPS) is 10.8. The summed E-state index contributed by atoms with van der Waals surface area (Å²) in [5, 5.41) is 8.76. The third-order valence-electron chi connectivity index (χ3n) is 4.27. The minimum absolute atomic E-state index is 0.152. The Morgan fingerprint density at radius 2 is 0.955 bits per heavy atom. The second-order valence-corrected chi connectivity index (χ2v) is 6.55. The van der Waals surface area contributed by atoms with Crippen LogP contribution >= 0.6 is 0 Å². The Morgan fingerprint density at radius 3 is 1.27 bits per heavy atom. The average molecular weight is 313 g/mol. The third-order valence-corrected chi connectivity index (χ3v) is 4.27.